The van der Waals surface area contributed by atoms with E-state index in [-0.39, 0.29) is 25.3 Å². The van der Waals surface area contributed by atoms with Crippen molar-refractivity contribution in [2.75, 3.05) is 13.1 Å². The fourth-order valence-electron chi connectivity index (χ4n) is 2.88. The minimum Gasteiger partial charge on any atom is -0.480 e. The van der Waals surface area contributed by atoms with Gasteiger partial charge >= 0.3 is 12.0 Å². The second kappa shape index (κ2) is 15.8. The number of urea groups is 1. The lowest BCUT2D eigenvalue weighted by Crippen LogP contribution is -2.57. The number of aliphatic carboxylic acids is 1. The topological polar surface area (TPSA) is 232 Å². The molecule has 4 atom stereocenters. The van der Waals surface area contributed by atoms with E-state index in [4.69, 9.17) is 17.2 Å². The van der Waals surface area contributed by atoms with Crippen LogP contribution < -0.4 is 38.5 Å². The van der Waals surface area contributed by atoms with Crippen LogP contribution in [0.5, 0.6) is 0 Å². The lowest BCUT2D eigenvalue weighted by molar-refractivity contribution is -0.142. The zero-order valence-electron chi connectivity index (χ0n) is 19.6. The van der Waals surface area contributed by atoms with Gasteiger partial charge in [-0.1, -0.05) is 20.3 Å². The van der Waals surface area contributed by atoms with Gasteiger partial charge in [-0.3, -0.25) is 14.4 Å². The summed E-state index contributed by atoms with van der Waals surface area (Å²) in [6.07, 6.45) is 2.17. The maximum atomic E-state index is 12.7. The summed E-state index contributed by atoms with van der Waals surface area (Å²) < 4.78 is 0. The van der Waals surface area contributed by atoms with Crippen LogP contribution in [-0.4, -0.2) is 72.1 Å². The van der Waals surface area contributed by atoms with Gasteiger partial charge in [0.15, 0.2) is 0 Å². The first-order valence-corrected chi connectivity index (χ1v) is 11.0. The molecule has 0 radical (unpaired) electrons. The summed E-state index contributed by atoms with van der Waals surface area (Å²) in [6.45, 7) is 5.49. The number of carboxylic acids is 1. The van der Waals surface area contributed by atoms with Crippen LogP contribution in [0.15, 0.2) is 0 Å². The molecule has 0 aromatic carbocycles. The third-order valence-corrected chi connectivity index (χ3v) is 4.89. The minimum atomic E-state index is -1.25. The van der Waals surface area contributed by atoms with Gasteiger partial charge in [0.1, 0.15) is 18.1 Å². The molecule has 0 aliphatic carbocycles. The lowest BCUT2D eigenvalue weighted by Gasteiger charge is -2.26. The van der Waals surface area contributed by atoms with E-state index in [1.807, 2.05) is 0 Å². The molecule has 33 heavy (non-hydrogen) atoms. The molecule has 0 aliphatic heterocycles. The predicted molar refractivity (Wildman–Crippen MR) is 122 cm³/mol. The summed E-state index contributed by atoms with van der Waals surface area (Å²) >= 11 is 0. The number of hydrogen-bond donors (Lipinski definition) is 8. The molecule has 0 heterocycles. The van der Waals surface area contributed by atoms with Gasteiger partial charge in [-0.05, 0) is 45.1 Å². The molecule has 0 saturated carbocycles. The largest absolute Gasteiger partial charge is 0.480 e. The molecule has 0 aromatic heterocycles. The fraction of sp³-hybridized carbons (Fsp3) is 0.750. The van der Waals surface area contributed by atoms with Crippen molar-refractivity contribution in [2.45, 2.75) is 77.0 Å². The highest BCUT2D eigenvalue weighted by Gasteiger charge is 2.30. The van der Waals surface area contributed by atoms with Gasteiger partial charge in [-0.2, -0.15) is 0 Å². The number of carbonyl (C=O) groups excluding carboxylic acids is 4. The SMILES string of the molecule is CC(C)[C@H](NC(=O)[C@H](C)NC(=O)[C@@H](N)CCCCN)C(=O)N[C@@H](CCCNC(N)=O)C(=O)O. The average molecular weight is 474 g/mol. The number of amides is 5. The third kappa shape index (κ3) is 12.6. The van der Waals surface area contributed by atoms with Gasteiger partial charge in [0, 0.05) is 6.54 Å². The van der Waals surface area contributed by atoms with Crippen molar-refractivity contribution in [3.05, 3.63) is 0 Å². The van der Waals surface area contributed by atoms with Crippen molar-refractivity contribution in [2.24, 2.45) is 23.1 Å². The first kappa shape index (κ1) is 30.1. The smallest absolute Gasteiger partial charge is 0.326 e. The summed E-state index contributed by atoms with van der Waals surface area (Å²) in [6, 6.07) is -4.71. The predicted octanol–water partition coefficient (Wildman–Crippen LogP) is -1.89. The molecule has 13 nitrogen and oxygen atoms in total. The Bertz CT molecular complexity index is 673. The lowest BCUT2D eigenvalue weighted by atomic mass is 10.0. The number of nitrogens with one attached hydrogen (secondary N) is 4. The first-order chi connectivity index (χ1) is 15.4. The summed E-state index contributed by atoms with van der Waals surface area (Å²) in [5.41, 5.74) is 16.2. The molecular formula is C20H39N7O6. The highest BCUT2D eigenvalue weighted by molar-refractivity contribution is 5.94. The molecule has 0 aromatic rings. The van der Waals surface area contributed by atoms with Crippen LogP contribution in [0.2, 0.25) is 0 Å². The Morgan fingerprint density at radius 1 is 0.848 bits per heavy atom. The minimum absolute atomic E-state index is 0.0502. The standard InChI is InChI=1S/C20H39N7O6/c1-11(2)15(18(30)26-14(19(31)32)8-6-10-24-20(23)33)27-16(28)12(3)25-17(29)13(22)7-4-5-9-21/h11-15H,4-10,21-22H2,1-3H3,(H,25,29)(H,26,30)(H,27,28)(H,31,32)(H3,23,24,33)/t12-,13-,14-,15-/m0/s1. The molecule has 0 aliphatic rings. The summed E-state index contributed by atoms with van der Waals surface area (Å²) in [7, 11) is 0. The third-order valence-electron chi connectivity index (χ3n) is 4.89. The van der Waals surface area contributed by atoms with Gasteiger partial charge < -0.3 is 43.6 Å². The zero-order chi connectivity index (χ0) is 25.6. The van der Waals surface area contributed by atoms with Crippen LogP contribution in [0.1, 0.15) is 52.9 Å². The van der Waals surface area contributed by atoms with Gasteiger partial charge in [0.25, 0.3) is 0 Å². The molecule has 0 bridgehead atoms. The van der Waals surface area contributed by atoms with Crippen LogP contribution >= 0.6 is 0 Å². The van der Waals surface area contributed by atoms with E-state index < -0.39 is 53.9 Å². The number of unbranched alkanes of at least 4 members (excludes halogenated alkanes) is 1. The number of rotatable bonds is 16. The number of primary amides is 1. The van der Waals surface area contributed by atoms with Crippen LogP contribution in [-0.2, 0) is 19.2 Å². The number of carboxylic acid groups (broad SMARTS) is 1. The van der Waals surface area contributed by atoms with E-state index >= 15 is 0 Å². The monoisotopic (exact) mass is 473 g/mol. The molecule has 11 N–H and O–H groups in total. The molecule has 0 unspecified atom stereocenters. The van der Waals surface area contributed by atoms with Crippen molar-refractivity contribution in [3.8, 4) is 0 Å². The van der Waals surface area contributed by atoms with E-state index in [2.05, 4.69) is 21.3 Å². The van der Waals surface area contributed by atoms with Crippen molar-refractivity contribution >= 4 is 29.7 Å². The van der Waals surface area contributed by atoms with E-state index in [1.165, 1.54) is 6.92 Å². The van der Waals surface area contributed by atoms with Crippen molar-refractivity contribution < 1.29 is 29.1 Å². The Morgan fingerprint density at radius 2 is 1.48 bits per heavy atom. The van der Waals surface area contributed by atoms with E-state index in [0.717, 1.165) is 6.42 Å². The average Bonchev–Trinajstić information content (AvgIpc) is 2.72. The second-order valence-corrected chi connectivity index (χ2v) is 8.18. The van der Waals surface area contributed by atoms with Crippen molar-refractivity contribution in [3.63, 3.8) is 0 Å². The summed E-state index contributed by atoms with van der Waals surface area (Å²) in [4.78, 5) is 59.6. The highest BCUT2D eigenvalue weighted by Crippen LogP contribution is 2.06. The molecule has 0 rings (SSSR count). The van der Waals surface area contributed by atoms with Gasteiger partial charge in [-0.25, -0.2) is 9.59 Å². The maximum Gasteiger partial charge on any atom is 0.326 e. The van der Waals surface area contributed by atoms with Crippen LogP contribution in [0.25, 0.3) is 0 Å². The van der Waals surface area contributed by atoms with Crippen molar-refractivity contribution in [1.29, 1.82) is 0 Å². The Hall–Kier alpha value is -2.93. The maximum absolute atomic E-state index is 12.7. The van der Waals surface area contributed by atoms with E-state index in [9.17, 15) is 29.1 Å². The number of carbonyl (C=O) groups is 5. The van der Waals surface area contributed by atoms with Crippen molar-refractivity contribution in [1.82, 2.24) is 21.3 Å². The molecule has 190 valence electrons. The van der Waals surface area contributed by atoms with Crippen LogP contribution in [0.3, 0.4) is 0 Å². The Labute approximate surface area is 193 Å². The number of nitrogens with two attached hydrogens (primary N) is 3. The van der Waals surface area contributed by atoms with E-state index in [1.54, 1.807) is 13.8 Å². The van der Waals surface area contributed by atoms with Gasteiger partial charge in [0.05, 0.1) is 6.04 Å². The molecule has 0 fully saturated rings. The molecular weight excluding hydrogens is 434 g/mol. The second-order valence-electron chi connectivity index (χ2n) is 8.18. The van der Waals surface area contributed by atoms with Crippen LogP contribution in [0.4, 0.5) is 4.79 Å². The summed E-state index contributed by atoms with van der Waals surface area (Å²) in [5.74, 6) is -3.38. The fourth-order valence-corrected chi connectivity index (χ4v) is 2.88. The van der Waals surface area contributed by atoms with Gasteiger partial charge in [-0.15, -0.1) is 0 Å². The van der Waals surface area contributed by atoms with E-state index in [0.29, 0.717) is 19.4 Å². The molecule has 0 saturated heterocycles. The summed E-state index contributed by atoms with van der Waals surface area (Å²) in [5, 5.41) is 19.2. The van der Waals surface area contributed by atoms with Crippen LogP contribution in [0, 0.1) is 5.92 Å². The molecule has 13 heteroatoms. The normalized spacial score (nSPS) is 14.5. The highest BCUT2D eigenvalue weighted by atomic mass is 16.4. The first-order valence-electron chi connectivity index (χ1n) is 11.0. The Kier molecular flexibility index (Phi) is 14.4. The van der Waals surface area contributed by atoms with Gasteiger partial charge in [0.2, 0.25) is 17.7 Å². The Morgan fingerprint density at radius 3 is 2.00 bits per heavy atom. The number of hydrogen-bond acceptors (Lipinski definition) is 7. The molecule has 5 amide bonds. The Balaban J connectivity index is 4.89. The zero-order valence-corrected chi connectivity index (χ0v) is 19.6. The molecule has 0 spiro atoms. The quantitative estimate of drug-likeness (QED) is 0.118.